The number of urea groups is 1. The van der Waals surface area contributed by atoms with Crippen molar-refractivity contribution < 1.29 is 31.1 Å². The topological polar surface area (TPSA) is 35.6 Å². The quantitative estimate of drug-likeness (QED) is 0.631. The number of hydrogen-bond donors (Lipinski definition) is 1. The zero-order valence-corrected chi connectivity index (χ0v) is 13.9. The molecule has 142 valence electrons. The van der Waals surface area contributed by atoms with E-state index in [1.54, 1.807) is 0 Å². The highest BCUT2D eigenvalue weighted by molar-refractivity contribution is 5.91. The zero-order chi connectivity index (χ0) is 19.4. The van der Waals surface area contributed by atoms with Gasteiger partial charge in [0.2, 0.25) is 0 Å². The second kappa shape index (κ2) is 7.94. The average molecular weight is 371 g/mol. The number of nitrogens with zero attached hydrogens (tertiary/aromatic N) is 2. The molecule has 2 amide bonds. The van der Waals surface area contributed by atoms with Gasteiger partial charge in [-0.2, -0.15) is 26.3 Å². The summed E-state index contributed by atoms with van der Waals surface area (Å²) in [4.78, 5) is 14.5. The summed E-state index contributed by atoms with van der Waals surface area (Å²) in [7, 11) is 4.77. The number of amides is 2. The molecule has 0 aliphatic carbocycles. The molecule has 1 N–H and O–H groups in total. The van der Waals surface area contributed by atoms with Crippen LogP contribution in [0, 0.1) is 0 Å². The smallest absolute Gasteiger partial charge is 0.338 e. The second-order valence-electron chi connectivity index (χ2n) is 5.71. The Morgan fingerprint density at radius 2 is 1.44 bits per heavy atom. The number of alkyl halides is 6. The summed E-state index contributed by atoms with van der Waals surface area (Å²) in [5, 5.41) is 2.45. The zero-order valence-electron chi connectivity index (χ0n) is 13.9. The molecule has 1 rings (SSSR count). The predicted molar refractivity (Wildman–Crippen MR) is 81.4 cm³/mol. The first-order chi connectivity index (χ1) is 11.3. The highest BCUT2D eigenvalue weighted by atomic mass is 19.4. The molecule has 0 saturated heterocycles. The molecular formula is C15H19F6N3O. The number of hydrogen-bond acceptors (Lipinski definition) is 2. The van der Waals surface area contributed by atoms with Crippen molar-refractivity contribution in [2.45, 2.75) is 18.8 Å². The van der Waals surface area contributed by atoms with Crippen molar-refractivity contribution in [3.8, 4) is 0 Å². The minimum Gasteiger partial charge on any atom is -0.338 e. The van der Waals surface area contributed by atoms with Gasteiger partial charge in [-0.15, -0.1) is 0 Å². The lowest BCUT2D eigenvalue weighted by molar-refractivity contribution is -0.143. The van der Waals surface area contributed by atoms with E-state index in [0.717, 1.165) is 11.9 Å². The first-order valence-corrected chi connectivity index (χ1v) is 7.28. The van der Waals surface area contributed by atoms with Gasteiger partial charge in [0.25, 0.3) is 0 Å². The van der Waals surface area contributed by atoms with Gasteiger partial charge in [0.1, 0.15) is 0 Å². The van der Waals surface area contributed by atoms with Crippen molar-refractivity contribution in [3.05, 3.63) is 29.3 Å². The fourth-order valence-corrected chi connectivity index (χ4v) is 1.96. The molecule has 0 unspecified atom stereocenters. The molecule has 25 heavy (non-hydrogen) atoms. The summed E-state index contributed by atoms with van der Waals surface area (Å²) in [6.45, 7) is 0.915. The molecule has 0 fully saturated rings. The first kappa shape index (κ1) is 21.1. The van der Waals surface area contributed by atoms with Crippen LogP contribution < -0.4 is 10.2 Å². The number of carbonyl (C=O) groups is 1. The molecule has 0 aromatic heterocycles. The number of rotatable bonds is 5. The maximum absolute atomic E-state index is 12.8. The van der Waals surface area contributed by atoms with Gasteiger partial charge in [-0.25, -0.2) is 4.79 Å². The Labute approximate surface area is 141 Å². The molecule has 4 nitrogen and oxygen atoms in total. The molecule has 0 radical (unpaired) electrons. The summed E-state index contributed by atoms with van der Waals surface area (Å²) in [5.41, 5.74) is -3.43. The van der Waals surface area contributed by atoms with Crippen LogP contribution in [0.15, 0.2) is 18.2 Å². The molecule has 0 bridgehead atoms. The average Bonchev–Trinajstić information content (AvgIpc) is 2.48. The number of carbonyl (C=O) groups excluding carboxylic acids is 1. The van der Waals surface area contributed by atoms with Crippen molar-refractivity contribution >= 4 is 11.7 Å². The van der Waals surface area contributed by atoms with Gasteiger partial charge in [-0.05, 0) is 45.3 Å². The third-order valence-electron chi connectivity index (χ3n) is 3.32. The van der Waals surface area contributed by atoms with Crippen molar-refractivity contribution in [1.29, 1.82) is 0 Å². The van der Waals surface area contributed by atoms with E-state index in [4.69, 9.17) is 0 Å². The van der Waals surface area contributed by atoms with E-state index in [1.165, 1.54) is 0 Å². The van der Waals surface area contributed by atoms with Gasteiger partial charge in [0, 0.05) is 19.3 Å². The van der Waals surface area contributed by atoms with E-state index in [9.17, 15) is 31.1 Å². The Kier molecular flexibility index (Phi) is 6.69. The van der Waals surface area contributed by atoms with Crippen LogP contribution in [-0.4, -0.2) is 45.2 Å². The standard InChI is InChI=1S/C15H19F6N3O/c1-23(2)6-4-5-22-13(25)24(3)12-8-10(14(16,17)18)7-11(9-12)15(19,20)21/h7-9H,4-6H2,1-3H3,(H,22,25). The van der Waals surface area contributed by atoms with Crippen molar-refractivity contribution in [2.75, 3.05) is 39.1 Å². The van der Waals surface area contributed by atoms with Crippen LogP contribution in [0.25, 0.3) is 0 Å². The Balaban J connectivity index is 3.00. The Morgan fingerprint density at radius 1 is 0.960 bits per heavy atom. The van der Waals surface area contributed by atoms with Gasteiger partial charge >= 0.3 is 18.4 Å². The fourth-order valence-electron chi connectivity index (χ4n) is 1.96. The van der Waals surface area contributed by atoms with E-state index in [1.807, 2.05) is 19.0 Å². The highest BCUT2D eigenvalue weighted by Gasteiger charge is 2.37. The van der Waals surface area contributed by atoms with Crippen LogP contribution in [0.2, 0.25) is 0 Å². The minimum atomic E-state index is -4.96. The Morgan fingerprint density at radius 3 is 1.84 bits per heavy atom. The fraction of sp³-hybridized carbons (Fsp3) is 0.533. The molecule has 0 aliphatic rings. The van der Waals surface area contributed by atoms with Crippen molar-refractivity contribution in [2.24, 2.45) is 0 Å². The van der Waals surface area contributed by atoms with Crippen LogP contribution in [0.3, 0.4) is 0 Å². The monoisotopic (exact) mass is 371 g/mol. The normalized spacial score (nSPS) is 12.4. The molecule has 0 aliphatic heterocycles. The minimum absolute atomic E-state index is 0.0202. The summed E-state index contributed by atoms with van der Waals surface area (Å²) in [6, 6.07) is 0.251. The van der Waals surface area contributed by atoms with Gasteiger partial charge in [-0.1, -0.05) is 0 Å². The molecule has 0 saturated carbocycles. The molecule has 10 heteroatoms. The van der Waals surface area contributed by atoms with Gasteiger partial charge < -0.3 is 10.2 Å². The lowest BCUT2D eigenvalue weighted by Crippen LogP contribution is -2.38. The van der Waals surface area contributed by atoms with E-state index >= 15 is 0 Å². The second-order valence-corrected chi connectivity index (χ2v) is 5.71. The number of benzene rings is 1. The summed E-state index contributed by atoms with van der Waals surface area (Å²) < 4.78 is 77.0. The predicted octanol–water partition coefficient (Wildman–Crippen LogP) is 3.82. The Hall–Kier alpha value is -1.97. The summed E-state index contributed by atoms with van der Waals surface area (Å²) >= 11 is 0. The van der Waals surface area contributed by atoms with Crippen LogP contribution in [0.5, 0.6) is 0 Å². The lowest BCUT2D eigenvalue weighted by atomic mass is 10.1. The van der Waals surface area contributed by atoms with E-state index in [-0.39, 0.29) is 12.6 Å². The highest BCUT2D eigenvalue weighted by Crippen LogP contribution is 2.38. The summed E-state index contributed by atoms with van der Waals surface area (Å²) in [6.07, 6.45) is -9.33. The molecule has 0 heterocycles. The summed E-state index contributed by atoms with van der Waals surface area (Å²) in [5.74, 6) is 0. The number of anilines is 1. The molecule has 1 aromatic carbocycles. The molecule has 0 atom stereocenters. The van der Waals surface area contributed by atoms with E-state index < -0.39 is 35.2 Å². The van der Waals surface area contributed by atoms with Crippen molar-refractivity contribution in [1.82, 2.24) is 10.2 Å². The maximum atomic E-state index is 12.8. The van der Waals surface area contributed by atoms with Crippen LogP contribution in [0.4, 0.5) is 36.8 Å². The number of halogens is 6. The van der Waals surface area contributed by atoms with Gasteiger partial charge in [-0.3, -0.25) is 4.90 Å². The van der Waals surface area contributed by atoms with Crippen molar-refractivity contribution in [3.63, 3.8) is 0 Å². The van der Waals surface area contributed by atoms with Crippen LogP contribution >= 0.6 is 0 Å². The lowest BCUT2D eigenvalue weighted by Gasteiger charge is -2.21. The SMILES string of the molecule is CN(C)CCCNC(=O)N(C)c1cc(C(F)(F)F)cc(C(F)(F)F)c1. The number of nitrogens with one attached hydrogen (secondary N) is 1. The van der Waals surface area contributed by atoms with E-state index in [0.29, 0.717) is 25.1 Å². The first-order valence-electron chi connectivity index (χ1n) is 7.28. The Bertz CT molecular complexity index is 566. The third-order valence-corrected chi connectivity index (χ3v) is 3.32. The third kappa shape index (κ3) is 6.45. The van der Waals surface area contributed by atoms with Gasteiger partial charge in [0.05, 0.1) is 11.1 Å². The molecule has 0 spiro atoms. The maximum Gasteiger partial charge on any atom is 0.416 e. The van der Waals surface area contributed by atoms with Crippen LogP contribution in [-0.2, 0) is 12.4 Å². The van der Waals surface area contributed by atoms with Crippen LogP contribution in [0.1, 0.15) is 17.5 Å². The van der Waals surface area contributed by atoms with Gasteiger partial charge in [0.15, 0.2) is 0 Å². The van der Waals surface area contributed by atoms with E-state index in [2.05, 4.69) is 5.32 Å². The molecule has 1 aromatic rings. The molecular weight excluding hydrogens is 352 g/mol. The largest absolute Gasteiger partial charge is 0.416 e.